The normalized spacial score (nSPS) is 17.8. The Bertz CT molecular complexity index is 383. The van der Waals surface area contributed by atoms with E-state index in [4.69, 9.17) is 4.74 Å². The fourth-order valence-corrected chi connectivity index (χ4v) is 2.57. The second-order valence-electron chi connectivity index (χ2n) is 5.65. The highest BCUT2D eigenvalue weighted by atomic mass is 16.5. The Balaban J connectivity index is 1.80. The van der Waals surface area contributed by atoms with Gasteiger partial charge in [0.1, 0.15) is 0 Å². The third kappa shape index (κ3) is 3.78. The minimum atomic E-state index is 0.168. The monoisotopic (exact) mass is 266 g/mol. The topological polar surface area (TPSA) is 42.3 Å². The predicted octanol–water partition coefficient (Wildman–Crippen LogP) is 1.10. The van der Waals surface area contributed by atoms with Crippen LogP contribution in [0.25, 0.3) is 0 Å². The number of aryl methyl sites for hydroxylation is 1. The molecular weight excluding hydrogens is 240 g/mol. The highest BCUT2D eigenvalue weighted by molar-refractivity contribution is 5.00. The predicted molar refractivity (Wildman–Crippen MR) is 76.1 cm³/mol. The molecule has 1 aliphatic rings. The average Bonchev–Trinajstić information content (AvgIpc) is 2.87. The Morgan fingerprint density at radius 3 is 2.79 bits per heavy atom. The van der Waals surface area contributed by atoms with E-state index in [-0.39, 0.29) is 5.54 Å². The molecule has 19 heavy (non-hydrogen) atoms. The first-order chi connectivity index (χ1) is 9.13. The van der Waals surface area contributed by atoms with Gasteiger partial charge in [0.05, 0.1) is 18.9 Å². The van der Waals surface area contributed by atoms with Crippen molar-refractivity contribution in [3.63, 3.8) is 0 Å². The Hall–Kier alpha value is -0.910. The van der Waals surface area contributed by atoms with Crippen molar-refractivity contribution in [3.8, 4) is 0 Å². The van der Waals surface area contributed by atoms with Crippen LogP contribution in [0.2, 0.25) is 0 Å². The van der Waals surface area contributed by atoms with Gasteiger partial charge in [-0.15, -0.1) is 0 Å². The molecule has 1 saturated heterocycles. The SMILES string of the molecule is CCn1nccc1CNCC(C)(C)N1CCOCC1. The maximum atomic E-state index is 5.41. The number of nitrogens with one attached hydrogen (secondary N) is 1. The summed E-state index contributed by atoms with van der Waals surface area (Å²) in [7, 11) is 0. The zero-order valence-corrected chi connectivity index (χ0v) is 12.4. The molecule has 0 bridgehead atoms. The molecule has 108 valence electrons. The van der Waals surface area contributed by atoms with Gasteiger partial charge in [-0.3, -0.25) is 9.58 Å². The number of ether oxygens (including phenoxy) is 1. The number of hydrogen-bond acceptors (Lipinski definition) is 4. The lowest BCUT2D eigenvalue weighted by Gasteiger charge is -2.41. The number of rotatable bonds is 6. The minimum absolute atomic E-state index is 0.168. The van der Waals surface area contributed by atoms with E-state index in [1.54, 1.807) is 0 Å². The van der Waals surface area contributed by atoms with E-state index in [1.165, 1.54) is 5.69 Å². The quantitative estimate of drug-likeness (QED) is 0.837. The number of aromatic nitrogens is 2. The highest BCUT2D eigenvalue weighted by Crippen LogP contribution is 2.15. The Morgan fingerprint density at radius 2 is 2.11 bits per heavy atom. The second kappa shape index (κ2) is 6.50. The van der Waals surface area contributed by atoms with Crippen molar-refractivity contribution in [1.29, 1.82) is 0 Å². The lowest BCUT2D eigenvalue weighted by Crippen LogP contribution is -2.54. The summed E-state index contributed by atoms with van der Waals surface area (Å²) in [5.41, 5.74) is 1.42. The van der Waals surface area contributed by atoms with Crippen molar-refractivity contribution in [1.82, 2.24) is 20.0 Å². The van der Waals surface area contributed by atoms with E-state index in [9.17, 15) is 0 Å². The van der Waals surface area contributed by atoms with E-state index in [2.05, 4.69) is 42.2 Å². The Labute approximate surface area is 115 Å². The van der Waals surface area contributed by atoms with Crippen LogP contribution in [-0.2, 0) is 17.8 Å². The Kier molecular flexibility index (Phi) is 4.96. The van der Waals surface area contributed by atoms with Crippen molar-refractivity contribution < 1.29 is 4.74 Å². The fraction of sp³-hybridized carbons (Fsp3) is 0.786. The van der Waals surface area contributed by atoms with Crippen molar-refractivity contribution in [3.05, 3.63) is 18.0 Å². The van der Waals surface area contributed by atoms with E-state index < -0.39 is 0 Å². The van der Waals surface area contributed by atoms with Crippen molar-refractivity contribution in [2.75, 3.05) is 32.8 Å². The molecule has 0 aliphatic carbocycles. The molecule has 2 rings (SSSR count). The highest BCUT2D eigenvalue weighted by Gasteiger charge is 2.27. The molecule has 0 aromatic carbocycles. The van der Waals surface area contributed by atoms with E-state index in [1.807, 2.05) is 10.9 Å². The van der Waals surface area contributed by atoms with E-state index >= 15 is 0 Å². The molecule has 0 atom stereocenters. The van der Waals surface area contributed by atoms with Gasteiger partial charge >= 0.3 is 0 Å². The average molecular weight is 266 g/mol. The summed E-state index contributed by atoms with van der Waals surface area (Å²) in [6.07, 6.45) is 1.87. The van der Waals surface area contributed by atoms with E-state index in [0.29, 0.717) is 0 Å². The molecular formula is C14H26N4O. The smallest absolute Gasteiger partial charge is 0.0594 e. The van der Waals surface area contributed by atoms with E-state index in [0.717, 1.165) is 45.9 Å². The summed E-state index contributed by atoms with van der Waals surface area (Å²) in [6.45, 7) is 13.3. The largest absolute Gasteiger partial charge is 0.379 e. The summed E-state index contributed by atoms with van der Waals surface area (Å²) >= 11 is 0. The standard InChI is InChI=1S/C14H26N4O/c1-4-18-13(5-6-16-18)11-15-12-14(2,3)17-7-9-19-10-8-17/h5-6,15H,4,7-12H2,1-3H3. The third-order valence-electron chi connectivity index (χ3n) is 3.83. The molecule has 1 N–H and O–H groups in total. The van der Waals surface area contributed by atoms with Crippen LogP contribution in [0.1, 0.15) is 26.5 Å². The number of morpholine rings is 1. The lowest BCUT2D eigenvalue weighted by molar-refractivity contribution is -0.00970. The number of hydrogen-bond donors (Lipinski definition) is 1. The van der Waals surface area contributed by atoms with Gasteiger partial charge in [0.15, 0.2) is 0 Å². The van der Waals surface area contributed by atoms with Crippen LogP contribution in [0.4, 0.5) is 0 Å². The first-order valence-corrected chi connectivity index (χ1v) is 7.17. The molecule has 2 heterocycles. The maximum absolute atomic E-state index is 5.41. The van der Waals surface area contributed by atoms with Gasteiger partial charge in [0.2, 0.25) is 0 Å². The summed E-state index contributed by atoms with van der Waals surface area (Å²) in [6, 6.07) is 2.08. The molecule has 0 saturated carbocycles. The molecule has 1 aromatic rings. The van der Waals surface area contributed by atoms with Gasteiger partial charge in [-0.2, -0.15) is 5.10 Å². The molecule has 1 fully saturated rings. The number of nitrogens with zero attached hydrogens (tertiary/aromatic N) is 3. The Morgan fingerprint density at radius 1 is 1.37 bits per heavy atom. The van der Waals surface area contributed by atoms with Crippen LogP contribution in [0.3, 0.4) is 0 Å². The summed E-state index contributed by atoms with van der Waals surface area (Å²) < 4.78 is 7.45. The van der Waals surface area contributed by atoms with Crippen LogP contribution < -0.4 is 5.32 Å². The second-order valence-corrected chi connectivity index (χ2v) is 5.65. The van der Waals surface area contributed by atoms with Crippen LogP contribution in [-0.4, -0.2) is 53.1 Å². The van der Waals surface area contributed by atoms with Crippen molar-refractivity contribution in [2.45, 2.75) is 39.4 Å². The summed E-state index contributed by atoms with van der Waals surface area (Å²) in [5, 5.41) is 7.85. The summed E-state index contributed by atoms with van der Waals surface area (Å²) in [5.74, 6) is 0. The lowest BCUT2D eigenvalue weighted by atomic mass is 10.0. The molecule has 5 heteroatoms. The van der Waals surface area contributed by atoms with Crippen molar-refractivity contribution >= 4 is 0 Å². The molecule has 1 aliphatic heterocycles. The van der Waals surface area contributed by atoms with Crippen LogP contribution in [0.5, 0.6) is 0 Å². The molecule has 5 nitrogen and oxygen atoms in total. The van der Waals surface area contributed by atoms with Gasteiger partial charge < -0.3 is 10.1 Å². The molecule has 0 amide bonds. The fourth-order valence-electron chi connectivity index (χ4n) is 2.57. The van der Waals surface area contributed by atoms with Gasteiger partial charge in [0, 0.05) is 44.5 Å². The minimum Gasteiger partial charge on any atom is -0.379 e. The molecule has 0 radical (unpaired) electrons. The first kappa shape index (κ1) is 14.5. The van der Waals surface area contributed by atoms with Gasteiger partial charge in [-0.1, -0.05) is 0 Å². The van der Waals surface area contributed by atoms with Gasteiger partial charge in [-0.05, 0) is 26.8 Å². The third-order valence-corrected chi connectivity index (χ3v) is 3.83. The van der Waals surface area contributed by atoms with Gasteiger partial charge in [-0.25, -0.2) is 0 Å². The van der Waals surface area contributed by atoms with Crippen LogP contribution in [0.15, 0.2) is 12.3 Å². The van der Waals surface area contributed by atoms with Gasteiger partial charge in [0.25, 0.3) is 0 Å². The summed E-state index contributed by atoms with van der Waals surface area (Å²) in [4.78, 5) is 2.50. The maximum Gasteiger partial charge on any atom is 0.0594 e. The first-order valence-electron chi connectivity index (χ1n) is 7.17. The van der Waals surface area contributed by atoms with Crippen LogP contribution in [0, 0.1) is 0 Å². The van der Waals surface area contributed by atoms with Crippen molar-refractivity contribution in [2.24, 2.45) is 0 Å². The molecule has 0 spiro atoms. The zero-order valence-electron chi connectivity index (χ0n) is 12.4. The van der Waals surface area contributed by atoms with Crippen LogP contribution >= 0.6 is 0 Å². The molecule has 1 aromatic heterocycles. The zero-order chi connectivity index (χ0) is 13.7. The molecule has 0 unspecified atom stereocenters.